The lowest BCUT2D eigenvalue weighted by atomic mass is 9.34. The predicted molar refractivity (Wildman–Crippen MR) is 281 cm³/mol. The summed E-state index contributed by atoms with van der Waals surface area (Å²) in [6, 6.07) is 78.4. The summed E-state index contributed by atoms with van der Waals surface area (Å²) in [5.74, 6) is 3.47. The van der Waals surface area contributed by atoms with Crippen molar-refractivity contribution in [2.45, 2.75) is 52.4 Å². The largest absolute Gasteiger partial charge is 0.458 e. The van der Waals surface area contributed by atoms with Gasteiger partial charge in [0.15, 0.2) is 8.07 Å². The molecule has 0 spiro atoms. The minimum absolute atomic E-state index is 0.0614. The number of benzene rings is 9. The molecule has 11 rings (SSSR count). The maximum atomic E-state index is 7.41. The van der Waals surface area contributed by atoms with E-state index >= 15 is 0 Å². The SMILES string of the molecule is CC(C)(C)c1ccc2c(c1)B1c3cc(C(C)(C)C)ccc3Oc3c(-c4ccccc4-c4ccccc4)cc(-c4cccc([Si](c5ccccc5)(c5ccccc5)c5ccccc5)c4)c(c31)O2. The number of hydrogen-bond acceptors (Lipinski definition) is 2. The van der Waals surface area contributed by atoms with Gasteiger partial charge in [-0.3, -0.25) is 0 Å². The summed E-state index contributed by atoms with van der Waals surface area (Å²) in [5.41, 5.74) is 12.5. The molecule has 9 aromatic rings. The van der Waals surface area contributed by atoms with Crippen LogP contribution in [0.15, 0.2) is 212 Å². The van der Waals surface area contributed by atoms with E-state index in [-0.39, 0.29) is 17.5 Å². The average molecular weight is 869 g/mol. The zero-order chi connectivity index (χ0) is 45.2. The van der Waals surface area contributed by atoms with Crippen molar-refractivity contribution in [2.75, 3.05) is 0 Å². The minimum atomic E-state index is -2.87. The molecule has 0 aromatic heterocycles. The summed E-state index contributed by atoms with van der Waals surface area (Å²) in [6.45, 7) is 13.6. The molecule has 9 aromatic carbocycles. The van der Waals surface area contributed by atoms with Gasteiger partial charge in [-0.15, -0.1) is 0 Å². The molecule has 0 saturated heterocycles. The molecule has 0 radical (unpaired) electrons. The molecule has 0 unspecified atom stereocenters. The summed E-state index contributed by atoms with van der Waals surface area (Å²) in [6.07, 6.45) is 0. The van der Waals surface area contributed by atoms with E-state index in [1.54, 1.807) is 0 Å². The van der Waals surface area contributed by atoms with E-state index in [0.717, 1.165) is 61.8 Å². The van der Waals surface area contributed by atoms with Crippen LogP contribution in [0.3, 0.4) is 0 Å². The highest BCUT2D eigenvalue weighted by Crippen LogP contribution is 2.48. The van der Waals surface area contributed by atoms with Crippen LogP contribution in [0.5, 0.6) is 23.0 Å². The van der Waals surface area contributed by atoms with Gasteiger partial charge in [-0.1, -0.05) is 236 Å². The van der Waals surface area contributed by atoms with E-state index < -0.39 is 8.07 Å². The van der Waals surface area contributed by atoms with Crippen LogP contribution in [0.25, 0.3) is 33.4 Å². The molecule has 4 heteroatoms. The Bertz CT molecular complexity index is 3140. The van der Waals surface area contributed by atoms with Crippen molar-refractivity contribution in [3.05, 3.63) is 223 Å². The summed E-state index contributed by atoms with van der Waals surface area (Å²) in [4.78, 5) is 0. The second kappa shape index (κ2) is 16.1. The van der Waals surface area contributed by atoms with Crippen molar-refractivity contribution in [2.24, 2.45) is 0 Å². The Morgan fingerprint density at radius 3 is 1.27 bits per heavy atom. The van der Waals surface area contributed by atoms with Gasteiger partial charge in [0, 0.05) is 16.6 Å². The second-order valence-corrected chi connectivity index (χ2v) is 23.8. The molecule has 320 valence electrons. The van der Waals surface area contributed by atoms with E-state index in [1.807, 2.05) is 0 Å². The Balaban J connectivity index is 1.24. The number of hydrogen-bond donors (Lipinski definition) is 0. The summed E-state index contributed by atoms with van der Waals surface area (Å²) in [5, 5.41) is 5.31. The molecule has 66 heavy (non-hydrogen) atoms. The first-order valence-electron chi connectivity index (χ1n) is 23.3. The van der Waals surface area contributed by atoms with Crippen molar-refractivity contribution in [3.8, 4) is 56.4 Å². The lowest BCUT2D eigenvalue weighted by molar-refractivity contribution is 0.466. The fourth-order valence-electron chi connectivity index (χ4n) is 10.5. The molecule has 2 aliphatic heterocycles. The van der Waals surface area contributed by atoms with Crippen molar-refractivity contribution in [1.29, 1.82) is 0 Å². The van der Waals surface area contributed by atoms with Crippen LogP contribution in [-0.2, 0) is 10.8 Å². The molecule has 2 nitrogen and oxygen atoms in total. The lowest BCUT2D eigenvalue weighted by Crippen LogP contribution is -2.74. The molecule has 0 amide bonds. The standard InChI is InChI=1S/C62H53BO2Si/c1-61(2,3)44-34-36-56-54(39-44)63-55-40-45(62(4,5)6)35-37-57(55)65-60-53(51-33-20-19-32-50(51)42-22-11-7-12-23-42)41-52(59(64-56)58(60)63)43-24-21-31-49(38-43)66(46-25-13-8-14-26-46,47-27-15-9-16-28-47)48-29-17-10-18-30-48/h7-41H,1-6H3. The van der Waals surface area contributed by atoms with Crippen LogP contribution in [0.1, 0.15) is 52.7 Å². The quantitative estimate of drug-likeness (QED) is 0.117. The van der Waals surface area contributed by atoms with Gasteiger partial charge in [0.25, 0.3) is 6.71 Å². The zero-order valence-electron chi connectivity index (χ0n) is 38.6. The molecule has 2 heterocycles. The van der Waals surface area contributed by atoms with Crippen molar-refractivity contribution in [3.63, 3.8) is 0 Å². The summed E-state index contributed by atoms with van der Waals surface area (Å²) >= 11 is 0. The van der Waals surface area contributed by atoms with Gasteiger partial charge >= 0.3 is 0 Å². The smallest absolute Gasteiger partial charge is 0.260 e. The maximum absolute atomic E-state index is 7.41. The normalized spacial score (nSPS) is 12.9. The third kappa shape index (κ3) is 6.94. The van der Waals surface area contributed by atoms with Gasteiger partial charge in [0.2, 0.25) is 0 Å². The highest BCUT2D eigenvalue weighted by molar-refractivity contribution is 7.20. The fourth-order valence-corrected chi connectivity index (χ4v) is 15.3. The zero-order valence-corrected chi connectivity index (χ0v) is 39.6. The Kier molecular flexibility index (Phi) is 10.1. The molecule has 0 N–H and O–H groups in total. The maximum Gasteiger partial charge on any atom is 0.260 e. The first-order valence-corrected chi connectivity index (χ1v) is 25.3. The third-order valence-corrected chi connectivity index (χ3v) is 18.7. The molecular formula is C62H53BO2Si. The van der Waals surface area contributed by atoms with Gasteiger partial charge in [-0.05, 0) is 94.1 Å². The Morgan fingerprint density at radius 1 is 0.348 bits per heavy atom. The van der Waals surface area contributed by atoms with E-state index in [9.17, 15) is 0 Å². The Labute approximate surface area is 391 Å². The molecule has 0 atom stereocenters. The molecule has 0 saturated carbocycles. The van der Waals surface area contributed by atoms with E-state index in [2.05, 4.69) is 254 Å². The van der Waals surface area contributed by atoms with Gasteiger partial charge in [0.1, 0.15) is 23.0 Å². The third-order valence-electron chi connectivity index (χ3n) is 13.9. The summed E-state index contributed by atoms with van der Waals surface area (Å²) < 4.78 is 14.8. The lowest BCUT2D eigenvalue weighted by Gasteiger charge is -2.37. The fraction of sp³-hybridized carbons (Fsp3) is 0.129. The van der Waals surface area contributed by atoms with E-state index in [0.29, 0.717) is 0 Å². The Hall–Kier alpha value is -7.14. The topological polar surface area (TPSA) is 18.5 Å². The molecule has 2 aliphatic rings. The van der Waals surface area contributed by atoms with Crippen LogP contribution in [-0.4, -0.2) is 14.8 Å². The highest BCUT2D eigenvalue weighted by Gasteiger charge is 2.45. The second-order valence-electron chi connectivity index (χ2n) is 20.0. The average Bonchev–Trinajstić information content (AvgIpc) is 3.35. The predicted octanol–water partition coefficient (Wildman–Crippen LogP) is 11.4. The molecular weight excluding hydrogens is 816 g/mol. The van der Waals surface area contributed by atoms with Crippen molar-refractivity contribution in [1.82, 2.24) is 0 Å². The number of ether oxygens (including phenoxy) is 2. The van der Waals surface area contributed by atoms with Crippen LogP contribution < -0.4 is 46.6 Å². The first-order chi connectivity index (χ1) is 32.0. The number of fused-ring (bicyclic) bond motifs is 4. The van der Waals surface area contributed by atoms with Gasteiger partial charge in [-0.25, -0.2) is 0 Å². The van der Waals surface area contributed by atoms with Crippen LogP contribution in [0, 0.1) is 0 Å². The minimum Gasteiger partial charge on any atom is -0.458 e. The Morgan fingerprint density at radius 2 is 0.773 bits per heavy atom. The van der Waals surface area contributed by atoms with Crippen molar-refractivity contribution < 1.29 is 9.47 Å². The van der Waals surface area contributed by atoms with Crippen LogP contribution in [0.2, 0.25) is 0 Å². The number of rotatable bonds is 7. The van der Waals surface area contributed by atoms with E-state index in [4.69, 9.17) is 9.47 Å². The van der Waals surface area contributed by atoms with Crippen LogP contribution in [0.4, 0.5) is 0 Å². The van der Waals surface area contributed by atoms with Gasteiger partial charge in [0.05, 0.1) is 0 Å². The highest BCUT2D eigenvalue weighted by atomic mass is 28.3. The first kappa shape index (κ1) is 41.6. The molecule has 0 bridgehead atoms. The van der Waals surface area contributed by atoms with Crippen molar-refractivity contribution >= 4 is 51.9 Å². The summed E-state index contributed by atoms with van der Waals surface area (Å²) in [7, 11) is -2.87. The van der Waals surface area contributed by atoms with Gasteiger partial charge < -0.3 is 9.47 Å². The van der Waals surface area contributed by atoms with E-state index in [1.165, 1.54) is 42.8 Å². The van der Waals surface area contributed by atoms with Gasteiger partial charge in [-0.2, -0.15) is 0 Å². The molecule has 0 aliphatic carbocycles. The monoisotopic (exact) mass is 868 g/mol. The van der Waals surface area contributed by atoms with Crippen LogP contribution >= 0.6 is 0 Å². The molecule has 0 fully saturated rings.